The van der Waals surface area contributed by atoms with E-state index < -0.39 is 16.4 Å². The highest BCUT2D eigenvalue weighted by molar-refractivity contribution is 6.33. The van der Waals surface area contributed by atoms with Gasteiger partial charge in [-0.15, -0.1) is 0 Å². The molecule has 1 N–H and O–H groups in total. The van der Waals surface area contributed by atoms with Crippen molar-refractivity contribution < 1.29 is 19.2 Å². The number of halogens is 1. The minimum atomic E-state index is -0.588. The van der Waals surface area contributed by atoms with Crippen LogP contribution in [0.2, 0.25) is 5.02 Å². The average Bonchev–Trinajstić information content (AvgIpc) is 2.78. The molecule has 2 aromatic rings. The lowest BCUT2D eigenvalue weighted by Gasteiger charge is -2.37. The van der Waals surface area contributed by atoms with Crippen LogP contribution in [-0.4, -0.2) is 67.7 Å². The first-order valence-electron chi connectivity index (χ1n) is 11.2. The lowest BCUT2D eigenvalue weighted by molar-refractivity contribution is -0.383. The maximum Gasteiger partial charge on any atom is 0.410 e. The number of nitrogens with zero attached hydrogens (tertiary/aromatic N) is 4. The molecular formula is C24H30ClN5O5. The second-order valence-corrected chi connectivity index (χ2v) is 9.83. The molecule has 1 fully saturated rings. The molecule has 0 aromatic heterocycles. The van der Waals surface area contributed by atoms with Gasteiger partial charge in [0.25, 0.3) is 11.6 Å². The van der Waals surface area contributed by atoms with E-state index in [9.17, 15) is 19.7 Å². The fraction of sp³-hybridized carbons (Fsp3) is 0.417. The van der Waals surface area contributed by atoms with Gasteiger partial charge in [0.15, 0.2) is 0 Å². The van der Waals surface area contributed by atoms with E-state index in [-0.39, 0.29) is 22.5 Å². The van der Waals surface area contributed by atoms with Crippen molar-refractivity contribution in [2.75, 3.05) is 55.4 Å². The highest BCUT2D eigenvalue weighted by Crippen LogP contribution is 2.37. The summed E-state index contributed by atoms with van der Waals surface area (Å²) in [6, 6.07) is 9.64. The van der Waals surface area contributed by atoms with Crippen molar-refractivity contribution >= 4 is 46.4 Å². The maximum absolute atomic E-state index is 12.8. The number of hydrogen-bond acceptors (Lipinski definition) is 7. The van der Waals surface area contributed by atoms with E-state index in [1.54, 1.807) is 29.2 Å². The van der Waals surface area contributed by atoms with Crippen molar-refractivity contribution in [1.29, 1.82) is 0 Å². The zero-order valence-electron chi connectivity index (χ0n) is 20.5. The molecule has 0 aliphatic carbocycles. The third-order valence-electron chi connectivity index (χ3n) is 5.43. The van der Waals surface area contributed by atoms with Crippen molar-refractivity contribution in [2.45, 2.75) is 26.4 Å². The number of ether oxygens (including phenoxy) is 1. The third kappa shape index (κ3) is 6.54. The SMILES string of the molecule is CN(C)c1ccc(C(=O)Nc2cc(N3CCN(C(=O)OC(C)(C)C)CC3)c(Cl)cc2[N+](=O)[O-])cc1. The van der Waals surface area contributed by atoms with E-state index >= 15 is 0 Å². The van der Waals surface area contributed by atoms with E-state index in [2.05, 4.69) is 5.32 Å². The van der Waals surface area contributed by atoms with Gasteiger partial charge < -0.3 is 24.8 Å². The Morgan fingerprint density at radius 3 is 2.20 bits per heavy atom. The van der Waals surface area contributed by atoms with E-state index in [0.717, 1.165) is 5.69 Å². The van der Waals surface area contributed by atoms with Gasteiger partial charge in [-0.3, -0.25) is 14.9 Å². The van der Waals surface area contributed by atoms with Crippen molar-refractivity contribution in [3.63, 3.8) is 0 Å². The number of rotatable bonds is 5. The molecule has 2 aromatic carbocycles. The van der Waals surface area contributed by atoms with Crippen LogP contribution < -0.4 is 15.1 Å². The van der Waals surface area contributed by atoms with Gasteiger partial charge >= 0.3 is 6.09 Å². The molecule has 0 radical (unpaired) electrons. The number of nitro benzene ring substituents is 1. The monoisotopic (exact) mass is 503 g/mol. The summed E-state index contributed by atoms with van der Waals surface area (Å²) in [4.78, 5) is 41.7. The van der Waals surface area contributed by atoms with Gasteiger partial charge in [-0.25, -0.2) is 4.79 Å². The molecule has 0 saturated carbocycles. The molecule has 2 amide bonds. The summed E-state index contributed by atoms with van der Waals surface area (Å²) in [6.45, 7) is 7.15. The Balaban J connectivity index is 1.79. The van der Waals surface area contributed by atoms with Crippen LogP contribution in [0.15, 0.2) is 36.4 Å². The van der Waals surface area contributed by atoms with Crippen LogP contribution >= 0.6 is 11.6 Å². The van der Waals surface area contributed by atoms with Gasteiger partial charge in [0, 0.05) is 57.6 Å². The average molecular weight is 504 g/mol. The number of nitrogens with one attached hydrogen (secondary N) is 1. The van der Waals surface area contributed by atoms with Crippen LogP contribution in [-0.2, 0) is 4.74 Å². The first kappa shape index (κ1) is 26.1. The fourth-order valence-corrected chi connectivity index (χ4v) is 3.88. The molecule has 11 heteroatoms. The Hall–Kier alpha value is -3.53. The highest BCUT2D eigenvalue weighted by Gasteiger charge is 2.28. The van der Waals surface area contributed by atoms with E-state index in [1.807, 2.05) is 44.7 Å². The van der Waals surface area contributed by atoms with Crippen molar-refractivity contribution in [3.05, 3.63) is 57.1 Å². The summed E-state index contributed by atoms with van der Waals surface area (Å²) in [7, 11) is 3.78. The molecule has 1 aliphatic rings. The van der Waals surface area contributed by atoms with Crippen LogP contribution in [0.1, 0.15) is 31.1 Å². The highest BCUT2D eigenvalue weighted by atomic mass is 35.5. The number of carbonyl (C=O) groups excluding carboxylic acids is 2. The molecule has 1 saturated heterocycles. The number of nitro groups is 1. The summed E-state index contributed by atoms with van der Waals surface area (Å²) in [6.07, 6.45) is -0.389. The molecular weight excluding hydrogens is 474 g/mol. The number of anilines is 3. The maximum atomic E-state index is 12.8. The number of hydrogen-bond donors (Lipinski definition) is 1. The molecule has 0 spiro atoms. The van der Waals surface area contributed by atoms with E-state index in [4.69, 9.17) is 16.3 Å². The standard InChI is InChI=1S/C24H30ClN5O5/c1-24(2,3)35-23(32)29-12-10-28(11-13-29)20-15-19(21(30(33)34)14-18(20)25)26-22(31)16-6-8-17(9-7-16)27(4)5/h6-9,14-15H,10-13H2,1-5H3,(H,26,31). The second kappa shape index (κ2) is 10.4. The van der Waals surface area contributed by atoms with Gasteiger partial charge in [-0.1, -0.05) is 11.6 Å². The second-order valence-electron chi connectivity index (χ2n) is 9.43. The van der Waals surface area contributed by atoms with Crippen LogP contribution in [0, 0.1) is 10.1 Å². The molecule has 0 unspecified atom stereocenters. The zero-order chi connectivity index (χ0) is 25.9. The van der Waals surface area contributed by atoms with E-state index in [0.29, 0.717) is 37.4 Å². The number of amides is 2. The molecule has 3 rings (SSSR count). The van der Waals surface area contributed by atoms with Gasteiger partial charge in [-0.05, 0) is 51.1 Å². The minimum absolute atomic E-state index is 0.0469. The smallest absolute Gasteiger partial charge is 0.410 e. The summed E-state index contributed by atoms with van der Waals surface area (Å²) >= 11 is 6.40. The summed E-state index contributed by atoms with van der Waals surface area (Å²) in [5.41, 5.74) is 0.990. The lowest BCUT2D eigenvalue weighted by atomic mass is 10.1. The molecule has 10 nitrogen and oxygen atoms in total. The van der Waals surface area contributed by atoms with Crippen molar-refractivity contribution in [3.8, 4) is 0 Å². The normalized spacial score (nSPS) is 13.9. The summed E-state index contributed by atoms with van der Waals surface area (Å²) in [5.74, 6) is -0.471. The number of benzene rings is 2. The van der Waals surface area contributed by atoms with Gasteiger partial charge in [-0.2, -0.15) is 0 Å². The van der Waals surface area contributed by atoms with Gasteiger partial charge in [0.05, 0.1) is 15.6 Å². The quantitative estimate of drug-likeness (QED) is 0.468. The molecule has 35 heavy (non-hydrogen) atoms. The van der Waals surface area contributed by atoms with Crippen LogP contribution in [0.3, 0.4) is 0 Å². The number of piperazine rings is 1. The first-order valence-corrected chi connectivity index (χ1v) is 11.5. The van der Waals surface area contributed by atoms with E-state index in [1.165, 1.54) is 12.1 Å². The largest absolute Gasteiger partial charge is 0.444 e. The Morgan fingerprint density at radius 2 is 1.69 bits per heavy atom. The Kier molecular flexibility index (Phi) is 7.74. The van der Waals surface area contributed by atoms with Crippen molar-refractivity contribution in [1.82, 2.24) is 4.90 Å². The Labute approximate surface area is 209 Å². The molecule has 0 atom stereocenters. The minimum Gasteiger partial charge on any atom is -0.444 e. The third-order valence-corrected chi connectivity index (χ3v) is 5.73. The summed E-state index contributed by atoms with van der Waals surface area (Å²) < 4.78 is 5.43. The van der Waals surface area contributed by atoms with Crippen molar-refractivity contribution in [2.24, 2.45) is 0 Å². The lowest BCUT2D eigenvalue weighted by Crippen LogP contribution is -2.50. The number of carbonyl (C=O) groups is 2. The predicted octanol–water partition coefficient (Wildman–Crippen LogP) is 4.62. The molecule has 1 aliphatic heterocycles. The summed E-state index contributed by atoms with van der Waals surface area (Å²) in [5, 5.41) is 14.5. The molecule has 1 heterocycles. The predicted molar refractivity (Wildman–Crippen MR) is 137 cm³/mol. The first-order chi connectivity index (χ1) is 16.4. The topological polar surface area (TPSA) is 108 Å². The van der Waals surface area contributed by atoms with Gasteiger partial charge in [0.2, 0.25) is 0 Å². The Bertz CT molecular complexity index is 1110. The van der Waals surface area contributed by atoms with Crippen LogP contribution in [0.5, 0.6) is 0 Å². The zero-order valence-corrected chi connectivity index (χ0v) is 21.3. The van der Waals surface area contributed by atoms with Crippen LogP contribution in [0.4, 0.5) is 27.5 Å². The van der Waals surface area contributed by atoms with Gasteiger partial charge in [0.1, 0.15) is 11.3 Å². The fourth-order valence-electron chi connectivity index (χ4n) is 3.61. The van der Waals surface area contributed by atoms with Crippen LogP contribution in [0.25, 0.3) is 0 Å². The molecule has 188 valence electrons. The Morgan fingerprint density at radius 1 is 1.09 bits per heavy atom. The molecule has 0 bridgehead atoms.